The van der Waals surface area contributed by atoms with Crippen LogP contribution in [-0.2, 0) is 14.8 Å². The minimum Gasteiger partial charge on any atom is -0.493 e. The summed E-state index contributed by atoms with van der Waals surface area (Å²) in [5.41, 5.74) is 0.450. The molecule has 1 aliphatic rings. The SMILES string of the molecule is O=C(CCOc1cccc(Cl)c1)Nc1cccc(S(=O)(=O)N2CCCCC2)c1. The van der Waals surface area contributed by atoms with E-state index in [0.29, 0.717) is 29.5 Å². The Morgan fingerprint density at radius 3 is 2.57 bits per heavy atom. The average molecular weight is 423 g/mol. The molecule has 0 aliphatic carbocycles. The van der Waals surface area contributed by atoms with Crippen molar-refractivity contribution in [2.75, 3.05) is 25.0 Å². The number of benzene rings is 2. The van der Waals surface area contributed by atoms with Crippen LogP contribution < -0.4 is 10.1 Å². The molecule has 150 valence electrons. The third-order valence-corrected chi connectivity index (χ3v) is 6.59. The van der Waals surface area contributed by atoms with Crippen molar-refractivity contribution in [3.05, 3.63) is 53.6 Å². The number of nitrogens with zero attached hydrogens (tertiary/aromatic N) is 1. The Kier molecular flexibility index (Phi) is 6.93. The van der Waals surface area contributed by atoms with Crippen LogP contribution in [0.25, 0.3) is 0 Å². The maximum Gasteiger partial charge on any atom is 0.243 e. The Morgan fingerprint density at radius 1 is 1.07 bits per heavy atom. The fourth-order valence-electron chi connectivity index (χ4n) is 3.03. The van der Waals surface area contributed by atoms with Crippen molar-refractivity contribution in [1.29, 1.82) is 0 Å². The van der Waals surface area contributed by atoms with Crippen molar-refractivity contribution in [2.24, 2.45) is 0 Å². The van der Waals surface area contributed by atoms with E-state index in [1.807, 2.05) is 0 Å². The molecule has 0 spiro atoms. The Bertz CT molecular complexity index is 927. The normalized spacial score (nSPS) is 15.2. The first-order valence-electron chi connectivity index (χ1n) is 9.23. The largest absolute Gasteiger partial charge is 0.493 e. The summed E-state index contributed by atoms with van der Waals surface area (Å²) in [5, 5.41) is 3.29. The van der Waals surface area contributed by atoms with Gasteiger partial charge in [0.2, 0.25) is 15.9 Å². The standard InChI is InChI=1S/C20H23ClN2O4S/c21-16-6-4-8-18(14-16)27-13-10-20(24)22-17-7-5-9-19(15-17)28(25,26)23-11-2-1-3-12-23/h4-9,14-15H,1-3,10-13H2,(H,22,24). The second-order valence-corrected chi connectivity index (χ2v) is 8.97. The number of carbonyl (C=O) groups is 1. The Hall–Kier alpha value is -2.09. The maximum atomic E-state index is 12.8. The Morgan fingerprint density at radius 2 is 1.82 bits per heavy atom. The molecule has 1 aliphatic heterocycles. The smallest absolute Gasteiger partial charge is 0.243 e. The molecule has 0 radical (unpaired) electrons. The van der Waals surface area contributed by atoms with Gasteiger partial charge in [-0.15, -0.1) is 0 Å². The number of nitrogens with one attached hydrogen (secondary N) is 1. The average Bonchev–Trinajstić information content (AvgIpc) is 2.69. The highest BCUT2D eigenvalue weighted by Gasteiger charge is 2.26. The summed E-state index contributed by atoms with van der Waals surface area (Å²) in [5.74, 6) is 0.337. The van der Waals surface area contributed by atoms with E-state index in [1.165, 1.54) is 10.4 Å². The maximum absolute atomic E-state index is 12.8. The number of ether oxygens (including phenoxy) is 1. The predicted octanol–water partition coefficient (Wildman–Crippen LogP) is 3.92. The molecule has 1 N–H and O–H groups in total. The van der Waals surface area contributed by atoms with E-state index >= 15 is 0 Å². The van der Waals surface area contributed by atoms with Gasteiger partial charge in [0, 0.05) is 23.8 Å². The molecule has 0 aromatic heterocycles. The summed E-state index contributed by atoms with van der Waals surface area (Å²) in [7, 11) is -3.53. The fourth-order valence-corrected chi connectivity index (χ4v) is 4.77. The van der Waals surface area contributed by atoms with Gasteiger partial charge in [0.05, 0.1) is 17.9 Å². The topological polar surface area (TPSA) is 75.7 Å². The van der Waals surface area contributed by atoms with Crippen LogP contribution >= 0.6 is 11.6 Å². The zero-order valence-corrected chi connectivity index (χ0v) is 17.0. The minimum absolute atomic E-state index is 0.135. The van der Waals surface area contributed by atoms with Gasteiger partial charge in [0.25, 0.3) is 0 Å². The second-order valence-electron chi connectivity index (χ2n) is 6.60. The van der Waals surface area contributed by atoms with Crippen LogP contribution in [0.5, 0.6) is 5.75 Å². The van der Waals surface area contributed by atoms with Gasteiger partial charge >= 0.3 is 0 Å². The number of sulfonamides is 1. The van der Waals surface area contributed by atoms with Crippen molar-refractivity contribution in [2.45, 2.75) is 30.6 Å². The quantitative estimate of drug-likeness (QED) is 0.733. The van der Waals surface area contributed by atoms with Crippen LogP contribution in [0.15, 0.2) is 53.4 Å². The molecule has 0 bridgehead atoms. The summed E-state index contributed by atoms with van der Waals surface area (Å²) < 4.78 is 32.5. The van der Waals surface area contributed by atoms with Gasteiger partial charge in [-0.25, -0.2) is 8.42 Å². The van der Waals surface area contributed by atoms with E-state index in [2.05, 4.69) is 5.32 Å². The van der Waals surface area contributed by atoms with Gasteiger partial charge in [0.15, 0.2) is 0 Å². The third-order valence-electron chi connectivity index (χ3n) is 4.46. The number of piperidine rings is 1. The first kappa shape index (κ1) is 20.6. The van der Waals surface area contributed by atoms with E-state index in [4.69, 9.17) is 16.3 Å². The molecule has 0 unspecified atom stereocenters. The first-order valence-corrected chi connectivity index (χ1v) is 11.1. The molecule has 8 heteroatoms. The highest BCUT2D eigenvalue weighted by molar-refractivity contribution is 7.89. The molecule has 2 aromatic rings. The number of carbonyl (C=O) groups excluding carboxylic acids is 1. The summed E-state index contributed by atoms with van der Waals surface area (Å²) in [6.07, 6.45) is 2.94. The molecule has 1 fully saturated rings. The van der Waals surface area contributed by atoms with Gasteiger partial charge in [-0.2, -0.15) is 4.31 Å². The van der Waals surface area contributed by atoms with Crippen molar-refractivity contribution >= 4 is 33.2 Å². The van der Waals surface area contributed by atoms with Crippen molar-refractivity contribution in [3.8, 4) is 5.75 Å². The van der Waals surface area contributed by atoms with Crippen LogP contribution in [0.4, 0.5) is 5.69 Å². The van der Waals surface area contributed by atoms with Crippen molar-refractivity contribution in [3.63, 3.8) is 0 Å². The molecular formula is C20H23ClN2O4S. The molecule has 3 rings (SSSR count). The van der Waals surface area contributed by atoms with Crippen LogP contribution in [0.2, 0.25) is 5.02 Å². The van der Waals surface area contributed by atoms with Gasteiger partial charge in [0.1, 0.15) is 5.75 Å². The Labute approximate surface area is 170 Å². The zero-order chi connectivity index (χ0) is 20.0. The number of rotatable bonds is 7. The number of anilines is 1. The lowest BCUT2D eigenvalue weighted by atomic mass is 10.2. The van der Waals surface area contributed by atoms with Crippen LogP contribution in [-0.4, -0.2) is 38.3 Å². The lowest BCUT2D eigenvalue weighted by molar-refractivity contribution is -0.116. The number of hydrogen-bond donors (Lipinski definition) is 1. The molecule has 0 saturated carbocycles. The van der Waals surface area contributed by atoms with E-state index < -0.39 is 10.0 Å². The molecule has 0 atom stereocenters. The third kappa shape index (κ3) is 5.47. The van der Waals surface area contributed by atoms with E-state index in [1.54, 1.807) is 42.5 Å². The van der Waals surface area contributed by atoms with Gasteiger partial charge < -0.3 is 10.1 Å². The molecule has 1 amide bonds. The molecule has 1 saturated heterocycles. The van der Waals surface area contributed by atoms with Gasteiger partial charge in [-0.05, 0) is 49.2 Å². The monoisotopic (exact) mass is 422 g/mol. The summed E-state index contributed by atoms with van der Waals surface area (Å²) in [6, 6.07) is 13.3. The van der Waals surface area contributed by atoms with Gasteiger partial charge in [-0.3, -0.25) is 4.79 Å². The number of amides is 1. The van der Waals surface area contributed by atoms with Crippen LogP contribution in [0.3, 0.4) is 0 Å². The lowest BCUT2D eigenvalue weighted by Crippen LogP contribution is -2.35. The minimum atomic E-state index is -3.53. The summed E-state index contributed by atoms with van der Waals surface area (Å²) >= 11 is 5.89. The summed E-state index contributed by atoms with van der Waals surface area (Å²) in [4.78, 5) is 12.4. The second kappa shape index (κ2) is 9.41. The lowest BCUT2D eigenvalue weighted by Gasteiger charge is -2.26. The highest BCUT2D eigenvalue weighted by atomic mass is 35.5. The molecule has 28 heavy (non-hydrogen) atoms. The van der Waals surface area contributed by atoms with E-state index in [-0.39, 0.29) is 23.8 Å². The molecule has 1 heterocycles. The first-order chi connectivity index (χ1) is 13.4. The zero-order valence-electron chi connectivity index (χ0n) is 15.4. The molecule has 2 aromatic carbocycles. The predicted molar refractivity (Wildman–Crippen MR) is 109 cm³/mol. The van der Waals surface area contributed by atoms with E-state index in [9.17, 15) is 13.2 Å². The van der Waals surface area contributed by atoms with Crippen LogP contribution in [0.1, 0.15) is 25.7 Å². The molecular weight excluding hydrogens is 400 g/mol. The van der Waals surface area contributed by atoms with Crippen molar-refractivity contribution in [1.82, 2.24) is 4.31 Å². The summed E-state index contributed by atoms with van der Waals surface area (Å²) in [6.45, 7) is 1.28. The Balaban J connectivity index is 1.57. The molecule has 6 nitrogen and oxygen atoms in total. The number of halogens is 1. The fraction of sp³-hybridized carbons (Fsp3) is 0.350. The van der Waals surface area contributed by atoms with Gasteiger partial charge in [-0.1, -0.05) is 30.2 Å². The number of hydrogen-bond acceptors (Lipinski definition) is 4. The van der Waals surface area contributed by atoms with Crippen LogP contribution in [0, 0.1) is 0 Å². The van der Waals surface area contributed by atoms with E-state index in [0.717, 1.165) is 19.3 Å². The highest BCUT2D eigenvalue weighted by Crippen LogP contribution is 2.23. The van der Waals surface area contributed by atoms with Crippen molar-refractivity contribution < 1.29 is 17.9 Å².